The van der Waals surface area contributed by atoms with Gasteiger partial charge in [0.2, 0.25) is 0 Å². The first-order valence-corrected chi connectivity index (χ1v) is 30.2. The number of nitrogens with one attached hydrogen (secondary N) is 1. The van der Waals surface area contributed by atoms with Crippen molar-refractivity contribution in [1.82, 2.24) is 15.1 Å². The number of hydrogen-bond acceptors (Lipinski definition) is 11. The fourth-order valence-corrected chi connectivity index (χ4v) is 9.76. The van der Waals surface area contributed by atoms with E-state index < -0.39 is 6.09 Å². The SMILES string of the molecule is CCCCCCCCC(CCCCCCCC)C(=O)OCCCCN(CCCCOC(=O)C(CCCCCCCC)CCCCCCCC)C(=O)OCCSSCCOC(=O)NCCN(C)C. The summed E-state index contributed by atoms with van der Waals surface area (Å²) in [5.41, 5.74) is 0. The molecule has 0 bridgehead atoms. The van der Waals surface area contributed by atoms with Gasteiger partial charge in [0, 0.05) is 37.7 Å². The molecular weight excluding hydrogens is 883 g/mol. The summed E-state index contributed by atoms with van der Waals surface area (Å²) in [5.74, 6) is 1.08. The molecular formula is C54H105N3O8S2. The van der Waals surface area contributed by atoms with Crippen LogP contribution < -0.4 is 5.32 Å². The summed E-state index contributed by atoms with van der Waals surface area (Å²) in [6.45, 7) is 12.5. The summed E-state index contributed by atoms with van der Waals surface area (Å²) in [7, 11) is 7.06. The number of rotatable bonds is 50. The van der Waals surface area contributed by atoms with E-state index in [2.05, 4.69) is 33.0 Å². The van der Waals surface area contributed by atoms with Crippen LogP contribution in [0, 0.1) is 11.8 Å². The van der Waals surface area contributed by atoms with Crippen LogP contribution in [0.1, 0.15) is 233 Å². The summed E-state index contributed by atoms with van der Waals surface area (Å²) in [6.07, 6.45) is 34.8. The van der Waals surface area contributed by atoms with E-state index in [0.717, 1.165) is 57.9 Å². The van der Waals surface area contributed by atoms with Crippen molar-refractivity contribution in [3.8, 4) is 0 Å². The molecule has 2 amide bonds. The lowest BCUT2D eigenvalue weighted by Gasteiger charge is -2.22. The van der Waals surface area contributed by atoms with Gasteiger partial charge in [-0.3, -0.25) is 9.59 Å². The summed E-state index contributed by atoms with van der Waals surface area (Å²) in [4.78, 5) is 55.6. The maximum absolute atomic E-state index is 13.4. The van der Waals surface area contributed by atoms with Gasteiger partial charge in [-0.2, -0.15) is 0 Å². The van der Waals surface area contributed by atoms with Gasteiger partial charge < -0.3 is 34.1 Å². The Hall–Kier alpha value is -1.86. The van der Waals surface area contributed by atoms with Gasteiger partial charge in [-0.15, -0.1) is 0 Å². The van der Waals surface area contributed by atoms with Gasteiger partial charge in [0.1, 0.15) is 13.2 Å². The third kappa shape index (κ3) is 43.9. The fraction of sp³-hybridized carbons (Fsp3) is 0.926. The van der Waals surface area contributed by atoms with E-state index >= 15 is 0 Å². The molecule has 396 valence electrons. The number of carbonyl (C=O) groups is 4. The first kappa shape index (κ1) is 65.1. The third-order valence-corrected chi connectivity index (χ3v) is 14.7. The first-order valence-electron chi connectivity index (χ1n) is 27.7. The van der Waals surface area contributed by atoms with Gasteiger partial charge in [-0.1, -0.05) is 203 Å². The highest BCUT2D eigenvalue weighted by Gasteiger charge is 2.21. The number of carbonyl (C=O) groups excluding carboxylic acids is 4. The second-order valence-corrected chi connectivity index (χ2v) is 21.7. The molecule has 0 aromatic carbocycles. The van der Waals surface area contributed by atoms with Crippen molar-refractivity contribution in [2.24, 2.45) is 11.8 Å². The molecule has 0 saturated heterocycles. The number of esters is 2. The van der Waals surface area contributed by atoms with E-state index in [9.17, 15) is 19.2 Å². The van der Waals surface area contributed by atoms with Crippen molar-refractivity contribution in [2.75, 3.05) is 78.2 Å². The van der Waals surface area contributed by atoms with Crippen LogP contribution in [0.3, 0.4) is 0 Å². The standard InChI is InChI=1S/C54H105N3O8S2/c1-7-11-15-19-23-27-35-49(36-28-24-20-16-12-8-2)51(58)62-43-33-31-40-57(54(61)65-46-48-67-66-47-45-64-53(60)55-39-42-56(5)6)41-32-34-44-63-52(59)50(37-29-25-21-17-13-9-3)38-30-26-22-18-14-10-4/h49-50H,7-48H2,1-6H3,(H,55,60). The smallest absolute Gasteiger partial charge is 0.409 e. The zero-order chi connectivity index (χ0) is 49.3. The minimum Gasteiger partial charge on any atom is -0.465 e. The molecule has 0 fully saturated rings. The van der Waals surface area contributed by atoms with Crippen LogP contribution in [0.15, 0.2) is 0 Å². The molecule has 0 aliphatic heterocycles. The van der Waals surface area contributed by atoms with E-state index in [-0.39, 0.29) is 36.5 Å². The monoisotopic (exact) mass is 988 g/mol. The lowest BCUT2D eigenvalue weighted by Crippen LogP contribution is -2.34. The Morgan fingerprint density at radius 2 is 0.776 bits per heavy atom. The number of ether oxygens (including phenoxy) is 4. The van der Waals surface area contributed by atoms with Crippen LogP contribution in [0.5, 0.6) is 0 Å². The molecule has 0 rings (SSSR count). The van der Waals surface area contributed by atoms with E-state index in [1.54, 1.807) is 26.5 Å². The molecule has 0 aliphatic carbocycles. The predicted octanol–water partition coefficient (Wildman–Crippen LogP) is 15.0. The number of amides is 2. The maximum atomic E-state index is 13.4. The molecule has 0 radical (unpaired) electrons. The van der Waals surface area contributed by atoms with Gasteiger partial charge in [0.25, 0.3) is 0 Å². The Balaban J connectivity index is 5.15. The number of hydrogen-bond donors (Lipinski definition) is 1. The van der Waals surface area contributed by atoms with Gasteiger partial charge in [0.05, 0.1) is 25.0 Å². The molecule has 13 heteroatoms. The lowest BCUT2D eigenvalue weighted by molar-refractivity contribution is -0.150. The van der Waals surface area contributed by atoms with Crippen molar-refractivity contribution >= 4 is 45.7 Å². The number of unbranched alkanes of at least 4 members (excludes halogenated alkanes) is 22. The molecule has 11 nitrogen and oxygen atoms in total. The highest BCUT2D eigenvalue weighted by atomic mass is 33.1. The normalized spacial score (nSPS) is 11.4. The average molecular weight is 989 g/mol. The zero-order valence-electron chi connectivity index (χ0n) is 44.3. The lowest BCUT2D eigenvalue weighted by atomic mass is 9.94. The first-order chi connectivity index (χ1) is 32.7. The van der Waals surface area contributed by atoms with E-state index in [4.69, 9.17) is 18.9 Å². The Morgan fingerprint density at radius 3 is 1.15 bits per heavy atom. The van der Waals surface area contributed by atoms with Crippen LogP contribution in [-0.4, -0.2) is 112 Å². The molecule has 0 aromatic heterocycles. The van der Waals surface area contributed by atoms with Crippen LogP contribution in [-0.2, 0) is 28.5 Å². The Bertz CT molecular complexity index is 1050. The average Bonchev–Trinajstić information content (AvgIpc) is 3.31. The van der Waals surface area contributed by atoms with Crippen molar-refractivity contribution < 1.29 is 38.1 Å². The molecule has 0 atom stereocenters. The molecule has 0 saturated carbocycles. The van der Waals surface area contributed by atoms with Crippen LogP contribution in [0.4, 0.5) is 9.59 Å². The second-order valence-electron chi connectivity index (χ2n) is 19.0. The second kappa shape index (κ2) is 50.5. The highest BCUT2D eigenvalue weighted by molar-refractivity contribution is 8.76. The molecule has 0 heterocycles. The maximum Gasteiger partial charge on any atom is 0.409 e. The number of alkyl carbamates (subject to hydrolysis) is 1. The van der Waals surface area contributed by atoms with E-state index in [1.807, 2.05) is 19.0 Å². The van der Waals surface area contributed by atoms with E-state index in [0.29, 0.717) is 76.6 Å². The van der Waals surface area contributed by atoms with Crippen molar-refractivity contribution in [3.63, 3.8) is 0 Å². The van der Waals surface area contributed by atoms with Crippen molar-refractivity contribution in [2.45, 2.75) is 233 Å². The number of likely N-dealkylation sites (N-methyl/N-ethyl adjacent to an activating group) is 1. The zero-order valence-corrected chi connectivity index (χ0v) is 46.0. The van der Waals surface area contributed by atoms with Gasteiger partial charge in [-0.05, 0) is 65.5 Å². The Morgan fingerprint density at radius 1 is 0.418 bits per heavy atom. The minimum atomic E-state index is -0.412. The van der Waals surface area contributed by atoms with Crippen LogP contribution >= 0.6 is 21.6 Å². The minimum absolute atomic E-state index is 0.0274. The molecule has 1 N–H and O–H groups in total. The van der Waals surface area contributed by atoms with Gasteiger partial charge in [-0.25, -0.2) is 9.59 Å². The summed E-state index contributed by atoms with van der Waals surface area (Å²) < 4.78 is 22.7. The number of nitrogens with zero attached hydrogens (tertiary/aromatic N) is 2. The Labute approximate surface area is 420 Å². The Kier molecular flexibility index (Phi) is 49.1. The topological polar surface area (TPSA) is 124 Å². The predicted molar refractivity (Wildman–Crippen MR) is 285 cm³/mol. The van der Waals surface area contributed by atoms with Gasteiger partial charge in [0.15, 0.2) is 0 Å². The van der Waals surface area contributed by atoms with Crippen molar-refractivity contribution in [3.05, 3.63) is 0 Å². The molecule has 0 aliphatic rings. The third-order valence-electron chi connectivity index (χ3n) is 12.4. The van der Waals surface area contributed by atoms with Crippen LogP contribution in [0.25, 0.3) is 0 Å². The summed E-state index contributed by atoms with van der Waals surface area (Å²) in [6, 6.07) is 0. The van der Waals surface area contributed by atoms with Crippen LogP contribution in [0.2, 0.25) is 0 Å². The molecule has 67 heavy (non-hydrogen) atoms. The molecule has 0 aromatic rings. The van der Waals surface area contributed by atoms with Gasteiger partial charge >= 0.3 is 24.1 Å². The summed E-state index contributed by atoms with van der Waals surface area (Å²) in [5, 5.41) is 2.74. The van der Waals surface area contributed by atoms with E-state index in [1.165, 1.54) is 128 Å². The quantitative estimate of drug-likeness (QED) is 0.0271. The molecule has 0 unspecified atom stereocenters. The fourth-order valence-electron chi connectivity index (χ4n) is 8.10. The van der Waals surface area contributed by atoms with Crippen molar-refractivity contribution in [1.29, 1.82) is 0 Å². The molecule has 0 spiro atoms. The largest absolute Gasteiger partial charge is 0.465 e. The highest BCUT2D eigenvalue weighted by Crippen LogP contribution is 2.23. The summed E-state index contributed by atoms with van der Waals surface area (Å²) >= 11 is 0.